The molecule has 0 radical (unpaired) electrons. The molecule has 0 aliphatic rings. The van der Waals surface area contributed by atoms with Gasteiger partial charge >= 0.3 is 0 Å². The van der Waals surface area contributed by atoms with Crippen molar-refractivity contribution >= 4 is 21.5 Å². The molecule has 130 valence electrons. The number of aromatic nitrogens is 1. The summed E-state index contributed by atoms with van der Waals surface area (Å²) in [7, 11) is -2.03. The zero-order valence-corrected chi connectivity index (χ0v) is 15.2. The highest BCUT2D eigenvalue weighted by Gasteiger charge is 2.20. The van der Waals surface area contributed by atoms with Gasteiger partial charge in [-0.1, -0.05) is 17.7 Å². The van der Waals surface area contributed by atoms with Crippen LogP contribution in [0.5, 0.6) is 0 Å². The molecule has 1 aromatic carbocycles. The number of ether oxygens (including phenoxy) is 1. The summed E-state index contributed by atoms with van der Waals surface area (Å²) < 4.78 is 32.9. The third-order valence-corrected chi connectivity index (χ3v) is 5.19. The summed E-state index contributed by atoms with van der Waals surface area (Å²) in [6.07, 6.45) is 1.49. The molecule has 0 fully saturated rings. The van der Waals surface area contributed by atoms with Gasteiger partial charge in [0.15, 0.2) is 0 Å². The Bertz CT molecular complexity index is 779. The highest BCUT2D eigenvalue weighted by Crippen LogP contribution is 2.24. The lowest BCUT2D eigenvalue weighted by Gasteiger charge is -2.14. The first-order valence-electron chi connectivity index (χ1n) is 7.63. The van der Waals surface area contributed by atoms with Gasteiger partial charge in [-0.15, -0.1) is 0 Å². The Morgan fingerprint density at radius 1 is 1.12 bits per heavy atom. The number of aryl methyl sites for hydroxylation is 3. The van der Waals surface area contributed by atoms with Crippen LogP contribution >= 0.6 is 0 Å². The Hall–Kier alpha value is -2.12. The van der Waals surface area contributed by atoms with Crippen molar-refractivity contribution in [2.24, 2.45) is 0 Å². The van der Waals surface area contributed by atoms with Crippen molar-refractivity contribution in [3.8, 4) is 0 Å². The van der Waals surface area contributed by atoms with Crippen molar-refractivity contribution in [1.82, 2.24) is 4.98 Å². The van der Waals surface area contributed by atoms with E-state index in [4.69, 9.17) is 4.74 Å². The Balaban J connectivity index is 2.18. The van der Waals surface area contributed by atoms with Crippen LogP contribution in [0, 0.1) is 20.8 Å². The molecule has 0 aliphatic carbocycles. The smallest absolute Gasteiger partial charge is 0.262 e. The van der Waals surface area contributed by atoms with Gasteiger partial charge in [-0.25, -0.2) is 13.4 Å². The van der Waals surface area contributed by atoms with Gasteiger partial charge in [-0.05, 0) is 44.0 Å². The van der Waals surface area contributed by atoms with Crippen LogP contribution in [0.2, 0.25) is 0 Å². The van der Waals surface area contributed by atoms with Crippen LogP contribution in [-0.2, 0) is 14.8 Å². The monoisotopic (exact) mass is 349 g/mol. The molecule has 0 bridgehead atoms. The Labute approximate surface area is 143 Å². The van der Waals surface area contributed by atoms with Gasteiger partial charge in [0.25, 0.3) is 10.0 Å². The minimum Gasteiger partial charge on any atom is -0.383 e. The zero-order chi connectivity index (χ0) is 17.7. The van der Waals surface area contributed by atoms with Gasteiger partial charge in [-0.3, -0.25) is 4.72 Å². The Kier molecular flexibility index (Phi) is 5.80. The summed E-state index contributed by atoms with van der Waals surface area (Å²) >= 11 is 0. The molecule has 2 N–H and O–H groups in total. The zero-order valence-electron chi connectivity index (χ0n) is 14.4. The van der Waals surface area contributed by atoms with E-state index in [1.807, 2.05) is 19.1 Å². The van der Waals surface area contributed by atoms with E-state index in [0.717, 1.165) is 16.7 Å². The second kappa shape index (κ2) is 7.63. The fraction of sp³-hybridized carbons (Fsp3) is 0.353. The average molecular weight is 349 g/mol. The van der Waals surface area contributed by atoms with Crippen LogP contribution in [0.1, 0.15) is 16.7 Å². The van der Waals surface area contributed by atoms with E-state index in [-0.39, 0.29) is 0 Å². The molecule has 0 saturated carbocycles. The van der Waals surface area contributed by atoms with Gasteiger partial charge in [0.05, 0.1) is 23.4 Å². The predicted octanol–water partition coefficient (Wildman–Crippen LogP) is 2.87. The van der Waals surface area contributed by atoms with E-state index in [1.54, 1.807) is 33.1 Å². The SMILES string of the molecule is COCCNc1ccc(NS(=O)(=O)c2c(C)cc(C)cc2C)cn1. The van der Waals surface area contributed by atoms with Crippen LogP contribution in [0.15, 0.2) is 35.4 Å². The fourth-order valence-electron chi connectivity index (χ4n) is 2.64. The minimum atomic E-state index is -3.66. The van der Waals surface area contributed by atoms with Gasteiger partial charge < -0.3 is 10.1 Å². The van der Waals surface area contributed by atoms with Crippen LogP contribution in [0.3, 0.4) is 0 Å². The molecule has 24 heavy (non-hydrogen) atoms. The van der Waals surface area contributed by atoms with Gasteiger partial charge in [0, 0.05) is 13.7 Å². The van der Waals surface area contributed by atoms with E-state index in [9.17, 15) is 8.42 Å². The first kappa shape index (κ1) is 18.2. The van der Waals surface area contributed by atoms with Crippen LogP contribution in [0.25, 0.3) is 0 Å². The summed E-state index contributed by atoms with van der Waals surface area (Å²) in [6, 6.07) is 7.13. The van der Waals surface area contributed by atoms with E-state index in [1.165, 1.54) is 6.20 Å². The number of anilines is 2. The summed E-state index contributed by atoms with van der Waals surface area (Å²) in [5.74, 6) is 0.665. The van der Waals surface area contributed by atoms with Crippen molar-refractivity contribution in [3.63, 3.8) is 0 Å². The Morgan fingerprint density at radius 2 is 1.79 bits per heavy atom. The number of methoxy groups -OCH3 is 1. The molecule has 0 spiro atoms. The predicted molar refractivity (Wildman–Crippen MR) is 96.1 cm³/mol. The molecular formula is C17H23N3O3S. The number of nitrogens with one attached hydrogen (secondary N) is 2. The third kappa shape index (κ3) is 4.46. The first-order valence-corrected chi connectivity index (χ1v) is 9.11. The molecule has 2 aromatic rings. The normalized spacial score (nSPS) is 11.3. The second-order valence-corrected chi connectivity index (χ2v) is 7.30. The summed E-state index contributed by atoms with van der Waals surface area (Å²) in [5.41, 5.74) is 2.92. The maximum absolute atomic E-state index is 12.7. The van der Waals surface area contributed by atoms with Crippen LogP contribution in [-0.4, -0.2) is 33.7 Å². The lowest BCUT2D eigenvalue weighted by atomic mass is 10.1. The van der Waals surface area contributed by atoms with E-state index in [0.29, 0.717) is 29.6 Å². The maximum atomic E-state index is 12.7. The van der Waals surface area contributed by atoms with E-state index < -0.39 is 10.0 Å². The fourth-order valence-corrected chi connectivity index (χ4v) is 4.14. The molecule has 0 amide bonds. The molecule has 7 heteroatoms. The highest BCUT2D eigenvalue weighted by atomic mass is 32.2. The number of hydrogen-bond donors (Lipinski definition) is 2. The number of pyridine rings is 1. The standard InChI is InChI=1S/C17H23N3O3S/c1-12-9-13(2)17(14(3)10-12)24(21,22)20-15-5-6-16(19-11-15)18-7-8-23-4/h5-6,9-11,20H,7-8H2,1-4H3,(H,18,19). The summed E-state index contributed by atoms with van der Waals surface area (Å²) in [6.45, 7) is 6.76. The maximum Gasteiger partial charge on any atom is 0.262 e. The van der Waals surface area contributed by atoms with Crippen molar-refractivity contribution < 1.29 is 13.2 Å². The number of sulfonamides is 1. The largest absolute Gasteiger partial charge is 0.383 e. The molecular weight excluding hydrogens is 326 g/mol. The van der Waals surface area contributed by atoms with E-state index >= 15 is 0 Å². The number of rotatable bonds is 7. The molecule has 1 heterocycles. The van der Waals surface area contributed by atoms with Crippen molar-refractivity contribution in [2.45, 2.75) is 25.7 Å². The lowest BCUT2D eigenvalue weighted by molar-refractivity contribution is 0.210. The topological polar surface area (TPSA) is 80.3 Å². The Morgan fingerprint density at radius 3 is 2.33 bits per heavy atom. The van der Waals surface area contributed by atoms with Gasteiger partial charge in [-0.2, -0.15) is 0 Å². The molecule has 2 rings (SSSR count). The van der Waals surface area contributed by atoms with Crippen molar-refractivity contribution in [1.29, 1.82) is 0 Å². The average Bonchev–Trinajstić information content (AvgIpc) is 2.47. The van der Waals surface area contributed by atoms with Crippen molar-refractivity contribution in [2.75, 3.05) is 30.3 Å². The second-order valence-electron chi connectivity index (χ2n) is 5.69. The molecule has 0 saturated heterocycles. The molecule has 6 nitrogen and oxygen atoms in total. The molecule has 0 aliphatic heterocycles. The number of nitrogens with zero attached hydrogens (tertiary/aromatic N) is 1. The number of hydrogen-bond acceptors (Lipinski definition) is 5. The third-order valence-electron chi connectivity index (χ3n) is 3.50. The van der Waals surface area contributed by atoms with Gasteiger partial charge in [0.1, 0.15) is 5.82 Å². The lowest BCUT2D eigenvalue weighted by Crippen LogP contribution is -2.16. The first-order chi connectivity index (χ1) is 11.3. The van der Waals surface area contributed by atoms with Gasteiger partial charge in [0.2, 0.25) is 0 Å². The highest BCUT2D eigenvalue weighted by molar-refractivity contribution is 7.92. The van der Waals surface area contributed by atoms with E-state index in [2.05, 4.69) is 15.0 Å². The molecule has 1 aromatic heterocycles. The summed E-state index contributed by atoms with van der Waals surface area (Å²) in [4.78, 5) is 4.51. The minimum absolute atomic E-state index is 0.315. The van der Waals surface area contributed by atoms with Crippen molar-refractivity contribution in [3.05, 3.63) is 47.2 Å². The molecule has 0 unspecified atom stereocenters. The van der Waals surface area contributed by atoms with Crippen LogP contribution < -0.4 is 10.0 Å². The molecule has 0 atom stereocenters. The van der Waals surface area contributed by atoms with Crippen LogP contribution in [0.4, 0.5) is 11.5 Å². The number of benzene rings is 1. The summed E-state index contributed by atoms with van der Waals surface area (Å²) in [5, 5.41) is 3.08. The quantitative estimate of drug-likeness (QED) is 0.751.